The molecule has 0 fully saturated rings. The van der Waals surface area contributed by atoms with E-state index in [0.717, 1.165) is 32.2 Å². The molecule has 5 nitrogen and oxygen atoms in total. The summed E-state index contributed by atoms with van der Waals surface area (Å²) in [5, 5.41) is 3.01. The first-order chi connectivity index (χ1) is 11.8. The lowest BCUT2D eigenvalue weighted by Gasteiger charge is -2.33. The molecule has 0 radical (unpaired) electrons. The molecule has 0 bridgehead atoms. The van der Waals surface area contributed by atoms with E-state index < -0.39 is 0 Å². The van der Waals surface area contributed by atoms with E-state index in [0.29, 0.717) is 32.8 Å². The van der Waals surface area contributed by atoms with Gasteiger partial charge >= 0.3 is 0 Å². The van der Waals surface area contributed by atoms with Gasteiger partial charge in [-0.1, -0.05) is 20.4 Å². The van der Waals surface area contributed by atoms with E-state index in [2.05, 4.69) is 39.6 Å². The Morgan fingerprint density at radius 2 is 1.56 bits per heavy atom. The molecule has 0 saturated heterocycles. The zero-order chi connectivity index (χ0) is 19.2. The van der Waals surface area contributed by atoms with Crippen LogP contribution in [0.3, 0.4) is 0 Å². The summed E-state index contributed by atoms with van der Waals surface area (Å²) < 4.78 is 17.7. The third-order valence-electron chi connectivity index (χ3n) is 4.79. The highest BCUT2D eigenvalue weighted by Crippen LogP contribution is 2.25. The fourth-order valence-corrected chi connectivity index (χ4v) is 2.28. The third-order valence-corrected chi connectivity index (χ3v) is 4.79. The largest absolute Gasteiger partial charge is 0.389 e. The normalized spacial score (nSPS) is 16.0. The summed E-state index contributed by atoms with van der Waals surface area (Å²) in [4.78, 5) is 11.1. The number of carbonyl (C=O) groups excluding carboxylic acids is 1. The Hall–Kier alpha value is -0.910. The van der Waals surface area contributed by atoms with E-state index in [1.807, 2.05) is 0 Å². The van der Waals surface area contributed by atoms with Crippen LogP contribution in [0.4, 0.5) is 0 Å². The minimum atomic E-state index is -0.239. The second kappa shape index (κ2) is 13.3. The van der Waals surface area contributed by atoms with Crippen LogP contribution in [-0.2, 0) is 19.0 Å². The lowest BCUT2D eigenvalue weighted by Crippen LogP contribution is -2.35. The van der Waals surface area contributed by atoms with Crippen molar-refractivity contribution in [2.75, 3.05) is 33.0 Å². The maximum Gasteiger partial charge on any atom is 0.132 e. The topological polar surface area (TPSA) is 56.8 Å². The van der Waals surface area contributed by atoms with E-state index in [1.165, 1.54) is 0 Å². The molecule has 5 heteroatoms. The van der Waals surface area contributed by atoms with Gasteiger partial charge in [0, 0.05) is 19.6 Å². The summed E-state index contributed by atoms with van der Waals surface area (Å²) in [7, 11) is 0. The predicted octanol–water partition coefficient (Wildman–Crippen LogP) is 3.87. The lowest BCUT2D eigenvalue weighted by molar-refractivity contribution is -0.121. The molecule has 0 aliphatic heterocycles. The summed E-state index contributed by atoms with van der Waals surface area (Å²) in [6, 6.07) is 0. The molecule has 0 aliphatic rings. The SMILES string of the molecule is C=CNCCOCCC(C)(CC)OCCC(C)(CC)OCCC(C)=O. The molecular formula is C20H39NO4. The second-order valence-corrected chi connectivity index (χ2v) is 7.03. The highest BCUT2D eigenvalue weighted by atomic mass is 16.5. The molecule has 0 amide bonds. The van der Waals surface area contributed by atoms with Crippen LogP contribution in [0.25, 0.3) is 0 Å². The number of Topliss-reactive ketones (excluding diaryl/α,β-unsaturated/α-hetero) is 1. The average Bonchev–Trinajstić information content (AvgIpc) is 2.57. The van der Waals surface area contributed by atoms with Gasteiger partial charge in [0.15, 0.2) is 0 Å². The van der Waals surface area contributed by atoms with Crippen LogP contribution in [-0.4, -0.2) is 50.0 Å². The minimum absolute atomic E-state index is 0.163. The van der Waals surface area contributed by atoms with Crippen LogP contribution in [0.1, 0.15) is 66.7 Å². The number of rotatable bonds is 17. The maximum atomic E-state index is 11.1. The van der Waals surface area contributed by atoms with Gasteiger partial charge in [-0.05, 0) is 52.7 Å². The maximum absolute atomic E-state index is 11.1. The zero-order valence-corrected chi connectivity index (χ0v) is 17.0. The van der Waals surface area contributed by atoms with E-state index in [9.17, 15) is 4.79 Å². The molecule has 0 saturated carbocycles. The van der Waals surface area contributed by atoms with Gasteiger partial charge in [0.2, 0.25) is 0 Å². The Morgan fingerprint density at radius 1 is 1.00 bits per heavy atom. The van der Waals surface area contributed by atoms with Gasteiger partial charge in [-0.2, -0.15) is 0 Å². The first kappa shape index (κ1) is 24.1. The number of hydrogen-bond donors (Lipinski definition) is 1. The summed E-state index contributed by atoms with van der Waals surface area (Å²) >= 11 is 0. The van der Waals surface area contributed by atoms with Crippen molar-refractivity contribution in [3.05, 3.63) is 12.8 Å². The molecule has 0 aromatic heterocycles. The van der Waals surface area contributed by atoms with Crippen molar-refractivity contribution in [2.45, 2.75) is 77.9 Å². The fourth-order valence-electron chi connectivity index (χ4n) is 2.28. The van der Waals surface area contributed by atoms with E-state index in [-0.39, 0.29) is 17.0 Å². The second-order valence-electron chi connectivity index (χ2n) is 7.03. The Balaban J connectivity index is 4.15. The van der Waals surface area contributed by atoms with E-state index in [4.69, 9.17) is 14.2 Å². The van der Waals surface area contributed by atoms with Gasteiger partial charge in [0.05, 0.1) is 31.0 Å². The molecule has 1 N–H and O–H groups in total. The van der Waals surface area contributed by atoms with Crippen molar-refractivity contribution in [1.29, 1.82) is 0 Å². The highest BCUT2D eigenvalue weighted by Gasteiger charge is 2.27. The number of nitrogens with one attached hydrogen (secondary N) is 1. The smallest absolute Gasteiger partial charge is 0.132 e. The fraction of sp³-hybridized carbons (Fsp3) is 0.850. The van der Waals surface area contributed by atoms with E-state index >= 15 is 0 Å². The monoisotopic (exact) mass is 357 g/mol. The molecule has 0 aromatic rings. The molecule has 2 atom stereocenters. The van der Waals surface area contributed by atoms with Crippen molar-refractivity contribution in [3.63, 3.8) is 0 Å². The number of ketones is 1. The first-order valence-electron chi connectivity index (χ1n) is 9.50. The van der Waals surface area contributed by atoms with Gasteiger partial charge < -0.3 is 19.5 Å². The molecule has 0 aliphatic carbocycles. The van der Waals surface area contributed by atoms with E-state index in [1.54, 1.807) is 13.1 Å². The number of carbonyl (C=O) groups is 1. The van der Waals surface area contributed by atoms with Gasteiger partial charge in [-0.15, -0.1) is 0 Å². The standard InChI is InChI=1S/C20H39NO4/c1-7-19(5,11-15-23-17-13-21-9-3)25-16-12-20(6,8-2)24-14-10-18(4)22/h9,21H,3,7-8,10-17H2,1-2,4-6H3. The minimum Gasteiger partial charge on any atom is -0.389 e. The van der Waals surface area contributed by atoms with Gasteiger partial charge in [0.1, 0.15) is 5.78 Å². The Bertz CT molecular complexity index is 375. The lowest BCUT2D eigenvalue weighted by atomic mass is 9.97. The quantitative estimate of drug-likeness (QED) is 0.401. The van der Waals surface area contributed by atoms with Gasteiger partial charge in [-0.3, -0.25) is 4.79 Å². The van der Waals surface area contributed by atoms with Crippen LogP contribution in [0.2, 0.25) is 0 Å². The Morgan fingerprint density at radius 3 is 2.08 bits per heavy atom. The number of ether oxygens (including phenoxy) is 3. The van der Waals surface area contributed by atoms with Gasteiger partial charge in [-0.25, -0.2) is 0 Å². The molecule has 2 unspecified atom stereocenters. The predicted molar refractivity (Wildman–Crippen MR) is 103 cm³/mol. The molecule has 0 aromatic carbocycles. The summed E-state index contributed by atoms with van der Waals surface area (Å²) in [5.74, 6) is 0.163. The average molecular weight is 358 g/mol. The highest BCUT2D eigenvalue weighted by molar-refractivity contribution is 5.75. The third kappa shape index (κ3) is 12.1. The Labute approximate surface area is 154 Å². The first-order valence-corrected chi connectivity index (χ1v) is 9.50. The van der Waals surface area contributed by atoms with Crippen molar-refractivity contribution in [2.24, 2.45) is 0 Å². The molecule has 0 rings (SSSR count). The number of hydrogen-bond acceptors (Lipinski definition) is 5. The van der Waals surface area contributed by atoms with Crippen LogP contribution in [0.15, 0.2) is 12.8 Å². The summed E-state index contributed by atoms with van der Waals surface area (Å²) in [6.45, 7) is 16.9. The van der Waals surface area contributed by atoms with Crippen molar-refractivity contribution in [1.82, 2.24) is 5.32 Å². The van der Waals surface area contributed by atoms with Crippen LogP contribution in [0.5, 0.6) is 0 Å². The molecule has 0 heterocycles. The molecule has 25 heavy (non-hydrogen) atoms. The summed E-state index contributed by atoms with van der Waals surface area (Å²) in [6.07, 6.45) is 5.67. The van der Waals surface area contributed by atoms with Gasteiger partial charge in [0.25, 0.3) is 0 Å². The summed E-state index contributed by atoms with van der Waals surface area (Å²) in [5.41, 5.74) is -0.420. The van der Waals surface area contributed by atoms with Crippen LogP contribution >= 0.6 is 0 Å². The zero-order valence-electron chi connectivity index (χ0n) is 17.0. The van der Waals surface area contributed by atoms with Crippen molar-refractivity contribution < 1.29 is 19.0 Å². The molecular weight excluding hydrogens is 318 g/mol. The molecule has 0 spiro atoms. The van der Waals surface area contributed by atoms with Crippen LogP contribution < -0.4 is 5.32 Å². The Kier molecular flexibility index (Phi) is 12.8. The van der Waals surface area contributed by atoms with Crippen molar-refractivity contribution >= 4 is 5.78 Å². The molecule has 148 valence electrons. The van der Waals surface area contributed by atoms with Crippen LogP contribution in [0, 0.1) is 0 Å². The van der Waals surface area contributed by atoms with Crippen molar-refractivity contribution in [3.8, 4) is 0 Å².